The van der Waals surface area contributed by atoms with Gasteiger partial charge in [0.05, 0.1) is 12.1 Å². The van der Waals surface area contributed by atoms with Crippen LogP contribution in [-0.4, -0.2) is 24.3 Å². The lowest BCUT2D eigenvalue weighted by Gasteiger charge is -2.15. The summed E-state index contributed by atoms with van der Waals surface area (Å²) in [4.78, 5) is 16.7. The van der Waals surface area contributed by atoms with Gasteiger partial charge in [-0.15, -0.1) is 0 Å². The van der Waals surface area contributed by atoms with Crippen LogP contribution in [0.4, 0.5) is 0 Å². The second-order valence-electron chi connectivity index (χ2n) is 8.18. The van der Waals surface area contributed by atoms with Crippen molar-refractivity contribution in [1.82, 2.24) is 5.48 Å². The minimum Gasteiger partial charge on any atom is -0.491 e. The van der Waals surface area contributed by atoms with Crippen molar-refractivity contribution in [2.75, 3.05) is 13.2 Å². The monoisotopic (exact) mass is 445 g/mol. The summed E-state index contributed by atoms with van der Waals surface area (Å²) >= 11 is 0. The quantitative estimate of drug-likeness (QED) is 0.285. The number of carboxylic acids is 1. The van der Waals surface area contributed by atoms with Crippen LogP contribution in [0.3, 0.4) is 0 Å². The van der Waals surface area contributed by atoms with Crippen LogP contribution in [0.1, 0.15) is 30.5 Å². The Morgan fingerprint density at radius 2 is 1.64 bits per heavy atom. The molecule has 0 atom stereocenters. The Kier molecular flexibility index (Phi) is 8.67. The molecular formula is C28H31NO4. The Labute approximate surface area is 195 Å². The zero-order valence-corrected chi connectivity index (χ0v) is 19.4. The number of hydrogen-bond acceptors (Lipinski definition) is 4. The van der Waals surface area contributed by atoms with Crippen LogP contribution >= 0.6 is 0 Å². The molecule has 33 heavy (non-hydrogen) atoms. The fourth-order valence-electron chi connectivity index (χ4n) is 3.49. The average Bonchev–Trinajstić information content (AvgIpc) is 2.80. The van der Waals surface area contributed by atoms with Gasteiger partial charge in [0, 0.05) is 0 Å². The van der Waals surface area contributed by atoms with Gasteiger partial charge in [-0.25, -0.2) is 0 Å². The summed E-state index contributed by atoms with van der Waals surface area (Å²) in [5.41, 5.74) is 8.96. The molecule has 5 nitrogen and oxygen atoms in total. The molecule has 3 aromatic carbocycles. The van der Waals surface area contributed by atoms with Crippen molar-refractivity contribution in [3.8, 4) is 16.9 Å². The predicted octanol–water partition coefficient (Wildman–Crippen LogP) is 5.89. The van der Waals surface area contributed by atoms with Gasteiger partial charge in [0.15, 0.2) is 0 Å². The molecule has 0 fully saturated rings. The number of hydrogen-bond donors (Lipinski definition) is 2. The van der Waals surface area contributed by atoms with Gasteiger partial charge in [0.25, 0.3) is 0 Å². The minimum atomic E-state index is -0.857. The Balaban J connectivity index is 1.56. The fraction of sp³-hybridized carbons (Fsp3) is 0.250. The molecule has 3 rings (SSSR count). The average molecular weight is 446 g/mol. The number of carbonyl (C=O) groups is 1. The number of carboxylic acid groups (broad SMARTS) is 1. The van der Waals surface area contributed by atoms with Crippen LogP contribution in [0, 0.1) is 12.8 Å². The summed E-state index contributed by atoms with van der Waals surface area (Å²) in [6, 6.07) is 24.1. The third kappa shape index (κ3) is 7.22. The van der Waals surface area contributed by atoms with Crippen LogP contribution in [-0.2, 0) is 16.1 Å². The van der Waals surface area contributed by atoms with E-state index in [-0.39, 0.29) is 6.42 Å². The standard InChI is InChI=1S/C28H31NO4/c1-20(2)18-26(24-14-12-23(13-15-24)22-8-5-4-6-9-22)29-33-17-16-32-27-11-7-10-25(21(27)3)19-28(30)31/h4-15,18,20,29H,16-17,19H2,1-3H3,(H,30,31). The van der Waals surface area contributed by atoms with Crippen LogP contribution in [0.15, 0.2) is 78.9 Å². The largest absolute Gasteiger partial charge is 0.491 e. The normalized spacial score (nSPS) is 11.5. The van der Waals surface area contributed by atoms with E-state index in [4.69, 9.17) is 14.7 Å². The van der Waals surface area contributed by atoms with Gasteiger partial charge in [-0.1, -0.05) is 86.7 Å². The van der Waals surface area contributed by atoms with E-state index in [9.17, 15) is 4.79 Å². The Morgan fingerprint density at radius 1 is 0.939 bits per heavy atom. The van der Waals surface area contributed by atoms with Crippen molar-refractivity contribution in [3.05, 3.63) is 95.6 Å². The molecule has 0 aromatic heterocycles. The summed E-state index contributed by atoms with van der Waals surface area (Å²) in [6.07, 6.45) is 2.10. The molecule has 0 radical (unpaired) electrons. The number of rotatable bonds is 11. The van der Waals surface area contributed by atoms with Crippen molar-refractivity contribution in [2.45, 2.75) is 27.2 Å². The van der Waals surface area contributed by atoms with Crippen LogP contribution in [0.5, 0.6) is 5.75 Å². The van der Waals surface area contributed by atoms with Crippen molar-refractivity contribution in [1.29, 1.82) is 0 Å². The number of benzene rings is 3. The molecule has 0 saturated carbocycles. The highest BCUT2D eigenvalue weighted by Crippen LogP contribution is 2.23. The van der Waals surface area contributed by atoms with Gasteiger partial charge in [0.2, 0.25) is 0 Å². The van der Waals surface area contributed by atoms with E-state index in [0.717, 1.165) is 28.0 Å². The molecule has 0 saturated heterocycles. The lowest BCUT2D eigenvalue weighted by molar-refractivity contribution is -0.136. The number of ether oxygens (including phenoxy) is 1. The Morgan fingerprint density at radius 3 is 2.30 bits per heavy atom. The molecule has 0 amide bonds. The summed E-state index contributed by atoms with van der Waals surface area (Å²) < 4.78 is 5.81. The number of nitrogens with one attached hydrogen (secondary N) is 1. The number of hydroxylamine groups is 1. The molecule has 0 heterocycles. The van der Waals surface area contributed by atoms with E-state index < -0.39 is 5.97 Å². The minimum absolute atomic E-state index is 0.0203. The van der Waals surface area contributed by atoms with Crippen molar-refractivity contribution in [3.63, 3.8) is 0 Å². The van der Waals surface area contributed by atoms with Gasteiger partial charge in [0.1, 0.15) is 19.0 Å². The first kappa shape index (κ1) is 24.1. The molecule has 0 bridgehead atoms. The van der Waals surface area contributed by atoms with Gasteiger partial charge >= 0.3 is 5.97 Å². The van der Waals surface area contributed by atoms with Crippen LogP contribution in [0.25, 0.3) is 16.8 Å². The SMILES string of the molecule is Cc1c(CC(=O)O)cccc1OCCONC(=CC(C)C)c1ccc(-c2ccccc2)cc1. The second-order valence-corrected chi connectivity index (χ2v) is 8.18. The molecule has 172 valence electrons. The van der Waals surface area contributed by atoms with Crippen molar-refractivity contribution in [2.24, 2.45) is 5.92 Å². The molecule has 3 aromatic rings. The maximum Gasteiger partial charge on any atom is 0.307 e. The second kappa shape index (κ2) is 11.9. The summed E-state index contributed by atoms with van der Waals surface area (Å²) in [7, 11) is 0. The maximum absolute atomic E-state index is 11.0. The first-order chi connectivity index (χ1) is 15.9. The molecule has 0 aliphatic heterocycles. The molecule has 5 heteroatoms. The number of aliphatic carboxylic acids is 1. The highest BCUT2D eigenvalue weighted by molar-refractivity contribution is 5.71. The van der Waals surface area contributed by atoms with E-state index in [1.807, 2.05) is 37.3 Å². The maximum atomic E-state index is 11.0. The summed E-state index contributed by atoms with van der Waals surface area (Å²) in [6.45, 7) is 6.79. The third-order valence-electron chi connectivity index (χ3n) is 5.17. The zero-order chi connectivity index (χ0) is 23.6. The molecule has 0 spiro atoms. The third-order valence-corrected chi connectivity index (χ3v) is 5.17. The highest BCUT2D eigenvalue weighted by atomic mass is 16.7. The molecule has 0 unspecified atom stereocenters. The summed E-state index contributed by atoms with van der Waals surface area (Å²) in [5.74, 6) is 0.164. The van der Waals surface area contributed by atoms with Gasteiger partial charge in [-0.3, -0.25) is 15.1 Å². The first-order valence-corrected chi connectivity index (χ1v) is 11.1. The predicted molar refractivity (Wildman–Crippen MR) is 132 cm³/mol. The smallest absolute Gasteiger partial charge is 0.307 e. The lowest BCUT2D eigenvalue weighted by atomic mass is 10.0. The zero-order valence-electron chi connectivity index (χ0n) is 19.4. The number of allylic oxidation sites excluding steroid dienone is 1. The van der Waals surface area contributed by atoms with E-state index in [0.29, 0.717) is 24.9 Å². The molecule has 0 aliphatic carbocycles. The van der Waals surface area contributed by atoms with Crippen molar-refractivity contribution < 1.29 is 19.5 Å². The van der Waals surface area contributed by atoms with Crippen molar-refractivity contribution >= 4 is 11.7 Å². The van der Waals surface area contributed by atoms with E-state index in [1.54, 1.807) is 6.07 Å². The van der Waals surface area contributed by atoms with Gasteiger partial charge in [-0.2, -0.15) is 0 Å². The topological polar surface area (TPSA) is 67.8 Å². The summed E-state index contributed by atoms with van der Waals surface area (Å²) in [5, 5.41) is 9.04. The van der Waals surface area contributed by atoms with Crippen LogP contribution in [0.2, 0.25) is 0 Å². The van der Waals surface area contributed by atoms with E-state index >= 15 is 0 Å². The van der Waals surface area contributed by atoms with Gasteiger partial charge in [-0.05, 0) is 46.7 Å². The molecular weight excluding hydrogens is 414 g/mol. The van der Waals surface area contributed by atoms with Crippen LogP contribution < -0.4 is 10.2 Å². The van der Waals surface area contributed by atoms with Gasteiger partial charge < -0.3 is 9.84 Å². The molecule has 0 aliphatic rings. The van der Waals surface area contributed by atoms with E-state index in [2.05, 4.69) is 61.8 Å². The van der Waals surface area contributed by atoms with E-state index in [1.165, 1.54) is 5.56 Å². The Bertz CT molecular complexity index is 1070. The fourth-order valence-corrected chi connectivity index (χ4v) is 3.49. The molecule has 2 N–H and O–H groups in total. The highest BCUT2D eigenvalue weighted by Gasteiger charge is 2.09. The Hall–Kier alpha value is -3.57. The lowest BCUT2D eigenvalue weighted by Crippen LogP contribution is -2.18. The first-order valence-electron chi connectivity index (χ1n) is 11.1.